The smallest absolute Gasteiger partial charge is 0.325 e. The SMILES string of the molecule is O=C(O)C(c1ccc(O)c(Cl)c1)N1CCCCCC1. The molecule has 1 unspecified atom stereocenters. The Balaban J connectivity index is 2.27. The minimum Gasteiger partial charge on any atom is -0.506 e. The van der Waals surface area contributed by atoms with Crippen LogP contribution in [0.25, 0.3) is 0 Å². The zero-order chi connectivity index (χ0) is 13.8. The monoisotopic (exact) mass is 283 g/mol. The molecule has 1 aliphatic heterocycles. The van der Waals surface area contributed by atoms with E-state index in [1.54, 1.807) is 12.1 Å². The number of carbonyl (C=O) groups is 1. The third-order valence-electron chi connectivity index (χ3n) is 3.53. The van der Waals surface area contributed by atoms with Crippen molar-refractivity contribution in [1.82, 2.24) is 4.90 Å². The number of nitrogens with zero attached hydrogens (tertiary/aromatic N) is 1. The first-order valence-corrected chi connectivity index (χ1v) is 6.92. The molecule has 1 fully saturated rings. The Kier molecular flexibility index (Phi) is 4.66. The molecule has 5 heteroatoms. The molecule has 0 aromatic heterocycles. The molecule has 1 aromatic rings. The molecule has 0 spiro atoms. The summed E-state index contributed by atoms with van der Waals surface area (Å²) in [6.45, 7) is 1.57. The summed E-state index contributed by atoms with van der Waals surface area (Å²) in [4.78, 5) is 13.5. The highest BCUT2D eigenvalue weighted by molar-refractivity contribution is 6.32. The number of rotatable bonds is 3. The van der Waals surface area contributed by atoms with Gasteiger partial charge in [0, 0.05) is 0 Å². The van der Waals surface area contributed by atoms with Crippen molar-refractivity contribution in [3.8, 4) is 5.75 Å². The molecule has 4 nitrogen and oxygen atoms in total. The van der Waals surface area contributed by atoms with Gasteiger partial charge in [-0.15, -0.1) is 0 Å². The number of hydrogen-bond acceptors (Lipinski definition) is 3. The van der Waals surface area contributed by atoms with E-state index >= 15 is 0 Å². The molecule has 2 N–H and O–H groups in total. The molecule has 104 valence electrons. The van der Waals surface area contributed by atoms with Gasteiger partial charge in [-0.2, -0.15) is 0 Å². The summed E-state index contributed by atoms with van der Waals surface area (Å²) in [7, 11) is 0. The fourth-order valence-electron chi connectivity index (χ4n) is 2.56. The lowest BCUT2D eigenvalue weighted by Gasteiger charge is -2.27. The fraction of sp³-hybridized carbons (Fsp3) is 0.500. The maximum absolute atomic E-state index is 11.6. The standard InChI is InChI=1S/C14H18ClNO3/c15-11-9-10(5-6-12(11)17)13(14(18)19)16-7-3-1-2-4-8-16/h5-6,9,13,17H,1-4,7-8H2,(H,18,19). The predicted molar refractivity (Wildman–Crippen MR) is 73.5 cm³/mol. The average Bonchev–Trinajstić information content (AvgIpc) is 2.62. The largest absolute Gasteiger partial charge is 0.506 e. The highest BCUT2D eigenvalue weighted by atomic mass is 35.5. The zero-order valence-corrected chi connectivity index (χ0v) is 11.4. The summed E-state index contributed by atoms with van der Waals surface area (Å²) in [6, 6.07) is 3.94. The van der Waals surface area contributed by atoms with E-state index in [4.69, 9.17) is 11.6 Å². The van der Waals surface area contributed by atoms with E-state index in [-0.39, 0.29) is 10.8 Å². The van der Waals surface area contributed by atoms with E-state index in [1.807, 2.05) is 4.90 Å². The van der Waals surface area contributed by atoms with E-state index in [0.717, 1.165) is 38.8 Å². The van der Waals surface area contributed by atoms with E-state index in [1.165, 1.54) is 6.07 Å². The number of aliphatic carboxylic acids is 1. The highest BCUT2D eigenvalue weighted by Gasteiger charge is 2.28. The normalized spacial score (nSPS) is 18.8. The van der Waals surface area contributed by atoms with Crippen molar-refractivity contribution in [2.75, 3.05) is 13.1 Å². The number of phenolic OH excluding ortho intramolecular Hbond substituents is 1. The van der Waals surface area contributed by atoms with Crippen LogP contribution in [0.5, 0.6) is 5.75 Å². The number of likely N-dealkylation sites (tertiary alicyclic amines) is 1. The van der Waals surface area contributed by atoms with Crippen molar-refractivity contribution in [3.05, 3.63) is 28.8 Å². The highest BCUT2D eigenvalue weighted by Crippen LogP contribution is 2.30. The Labute approximate surface area is 117 Å². The Hall–Kier alpha value is -1.26. The molecule has 0 radical (unpaired) electrons. The summed E-state index contributed by atoms with van der Waals surface area (Å²) in [6.07, 6.45) is 4.35. The van der Waals surface area contributed by atoms with Crippen LogP contribution in [-0.4, -0.2) is 34.2 Å². The van der Waals surface area contributed by atoms with Crippen LogP contribution in [0, 0.1) is 0 Å². The van der Waals surface area contributed by atoms with E-state index in [0.29, 0.717) is 5.56 Å². The van der Waals surface area contributed by atoms with Crippen LogP contribution in [0.4, 0.5) is 0 Å². The third kappa shape index (κ3) is 3.39. The minimum absolute atomic E-state index is 0.0228. The summed E-state index contributed by atoms with van der Waals surface area (Å²) in [5.41, 5.74) is 0.622. The van der Waals surface area contributed by atoms with Gasteiger partial charge >= 0.3 is 5.97 Å². The fourth-order valence-corrected chi connectivity index (χ4v) is 2.75. The van der Waals surface area contributed by atoms with Crippen molar-refractivity contribution in [3.63, 3.8) is 0 Å². The van der Waals surface area contributed by atoms with Crippen LogP contribution in [0.15, 0.2) is 18.2 Å². The Bertz CT molecular complexity index is 456. The minimum atomic E-state index is -0.872. The Morgan fingerprint density at radius 3 is 2.37 bits per heavy atom. The molecule has 0 saturated carbocycles. The van der Waals surface area contributed by atoms with Crippen LogP contribution in [0.3, 0.4) is 0 Å². The maximum atomic E-state index is 11.6. The first kappa shape index (κ1) is 14.2. The van der Waals surface area contributed by atoms with Gasteiger partial charge in [-0.3, -0.25) is 9.69 Å². The quantitative estimate of drug-likeness (QED) is 0.895. The Morgan fingerprint density at radius 1 is 1.21 bits per heavy atom. The molecule has 19 heavy (non-hydrogen) atoms. The molecule has 1 aromatic carbocycles. The van der Waals surface area contributed by atoms with E-state index in [9.17, 15) is 15.0 Å². The van der Waals surface area contributed by atoms with Gasteiger partial charge in [-0.1, -0.05) is 30.5 Å². The van der Waals surface area contributed by atoms with Crippen molar-refractivity contribution >= 4 is 17.6 Å². The van der Waals surface area contributed by atoms with Gasteiger partial charge in [-0.25, -0.2) is 0 Å². The Morgan fingerprint density at radius 2 is 1.84 bits per heavy atom. The molecule has 1 heterocycles. The number of phenols is 1. The third-order valence-corrected chi connectivity index (χ3v) is 3.83. The van der Waals surface area contributed by atoms with Gasteiger partial charge in [0.1, 0.15) is 11.8 Å². The lowest BCUT2D eigenvalue weighted by atomic mass is 10.0. The number of aromatic hydroxyl groups is 1. The van der Waals surface area contributed by atoms with Gasteiger partial charge in [-0.05, 0) is 43.6 Å². The van der Waals surface area contributed by atoms with Gasteiger partial charge < -0.3 is 10.2 Å². The maximum Gasteiger partial charge on any atom is 0.325 e. The van der Waals surface area contributed by atoms with Crippen LogP contribution in [0.2, 0.25) is 5.02 Å². The number of halogens is 1. The van der Waals surface area contributed by atoms with Crippen LogP contribution >= 0.6 is 11.6 Å². The lowest BCUT2D eigenvalue weighted by molar-refractivity contribution is -0.143. The van der Waals surface area contributed by atoms with Crippen molar-refractivity contribution in [1.29, 1.82) is 0 Å². The second kappa shape index (κ2) is 6.26. The van der Waals surface area contributed by atoms with Crippen molar-refractivity contribution in [2.24, 2.45) is 0 Å². The van der Waals surface area contributed by atoms with Gasteiger partial charge in [0.2, 0.25) is 0 Å². The summed E-state index contributed by atoms with van der Waals surface area (Å²) in [5.74, 6) is -0.894. The number of carboxylic acids is 1. The molecule has 2 rings (SSSR count). The number of hydrogen-bond donors (Lipinski definition) is 2. The lowest BCUT2D eigenvalue weighted by Crippen LogP contribution is -2.34. The first-order chi connectivity index (χ1) is 9.09. The predicted octanol–water partition coefficient (Wildman–Crippen LogP) is 3.05. The average molecular weight is 284 g/mol. The van der Waals surface area contributed by atoms with Crippen molar-refractivity contribution < 1.29 is 15.0 Å². The molecule has 0 bridgehead atoms. The van der Waals surface area contributed by atoms with Crippen molar-refractivity contribution in [2.45, 2.75) is 31.7 Å². The topological polar surface area (TPSA) is 60.8 Å². The van der Waals surface area contributed by atoms with Crippen LogP contribution < -0.4 is 0 Å². The van der Waals surface area contributed by atoms with E-state index in [2.05, 4.69) is 0 Å². The molecule has 0 aliphatic carbocycles. The van der Waals surface area contributed by atoms with Gasteiger partial charge in [0.05, 0.1) is 5.02 Å². The summed E-state index contributed by atoms with van der Waals surface area (Å²) < 4.78 is 0. The zero-order valence-electron chi connectivity index (χ0n) is 10.7. The molecule has 1 saturated heterocycles. The van der Waals surface area contributed by atoms with Crippen LogP contribution in [-0.2, 0) is 4.79 Å². The molecule has 0 amide bonds. The van der Waals surface area contributed by atoms with Gasteiger partial charge in [0.25, 0.3) is 0 Å². The molecule has 1 aliphatic rings. The number of benzene rings is 1. The molecular weight excluding hydrogens is 266 g/mol. The molecule has 1 atom stereocenters. The second-order valence-electron chi connectivity index (χ2n) is 4.90. The van der Waals surface area contributed by atoms with Gasteiger partial charge in [0.15, 0.2) is 0 Å². The second-order valence-corrected chi connectivity index (χ2v) is 5.31. The summed E-state index contributed by atoms with van der Waals surface area (Å²) in [5, 5.41) is 19.1. The molecular formula is C14H18ClNO3. The van der Waals surface area contributed by atoms with E-state index < -0.39 is 12.0 Å². The number of carboxylic acid groups (broad SMARTS) is 1. The first-order valence-electron chi connectivity index (χ1n) is 6.55. The van der Waals surface area contributed by atoms with Crippen LogP contribution in [0.1, 0.15) is 37.3 Å². The summed E-state index contributed by atoms with van der Waals surface area (Å²) >= 11 is 5.87.